The van der Waals surface area contributed by atoms with Gasteiger partial charge in [0.1, 0.15) is 11.5 Å². The number of rotatable bonds is 1. The number of nitrogens with two attached hydrogens (primary N) is 1. The van der Waals surface area contributed by atoms with Crippen molar-refractivity contribution in [1.82, 2.24) is 10.2 Å². The van der Waals surface area contributed by atoms with Crippen molar-refractivity contribution in [3.05, 3.63) is 53.8 Å². The second kappa shape index (κ2) is 4.31. The monoisotopic (exact) mass is 253 g/mol. The summed E-state index contributed by atoms with van der Waals surface area (Å²) in [5, 5.41) is 9.77. The topological polar surface area (TPSA) is 51.8 Å². The van der Waals surface area contributed by atoms with Crippen LogP contribution in [0.3, 0.4) is 0 Å². The third-order valence-corrected chi connectivity index (χ3v) is 3.03. The lowest BCUT2D eigenvalue weighted by molar-refractivity contribution is 0.627. The van der Waals surface area contributed by atoms with Crippen molar-refractivity contribution in [1.29, 1.82) is 0 Å². The Morgan fingerprint density at radius 2 is 1.74 bits per heavy atom. The summed E-state index contributed by atoms with van der Waals surface area (Å²) in [5.41, 5.74) is 8.02. The Bertz CT molecular complexity index is 748. The van der Waals surface area contributed by atoms with Gasteiger partial charge in [0.15, 0.2) is 5.82 Å². The predicted octanol–water partition coefficient (Wildman–Crippen LogP) is 3.33. The lowest BCUT2D eigenvalue weighted by Gasteiger charge is -2.07. The molecule has 94 valence electrons. The molecule has 0 radical (unpaired) electrons. The number of benzene rings is 2. The number of nitrogen functional groups attached to an aromatic ring is 1. The zero-order valence-corrected chi connectivity index (χ0v) is 10.4. The van der Waals surface area contributed by atoms with Gasteiger partial charge in [-0.1, -0.05) is 24.3 Å². The number of hydrogen-bond acceptors (Lipinski definition) is 3. The van der Waals surface area contributed by atoms with E-state index in [1.54, 1.807) is 0 Å². The average Bonchev–Trinajstić information content (AvgIpc) is 2.38. The molecule has 3 aromatic rings. The molecule has 0 saturated carbocycles. The maximum absolute atomic E-state index is 13.5. The highest BCUT2D eigenvalue weighted by molar-refractivity contribution is 5.99. The van der Waals surface area contributed by atoms with Crippen LogP contribution in [0.25, 0.3) is 22.0 Å². The van der Waals surface area contributed by atoms with Gasteiger partial charge in [0.05, 0.1) is 0 Å². The zero-order valence-electron chi connectivity index (χ0n) is 10.4. The SMILES string of the molecule is Cc1cc(F)cc(-c2nnc(N)c3ccccc23)c1. The zero-order chi connectivity index (χ0) is 13.4. The normalized spacial score (nSPS) is 10.8. The molecule has 3 rings (SSSR count). The van der Waals surface area contributed by atoms with Gasteiger partial charge >= 0.3 is 0 Å². The summed E-state index contributed by atoms with van der Waals surface area (Å²) in [5.74, 6) is 0.102. The molecule has 0 fully saturated rings. The molecule has 0 aliphatic carbocycles. The minimum atomic E-state index is -0.280. The Balaban J connectivity index is 2.34. The molecule has 0 aliphatic heterocycles. The molecule has 0 atom stereocenters. The standard InChI is InChI=1S/C15H12FN3/c1-9-6-10(8-11(16)7-9)14-12-4-2-3-5-13(12)15(17)19-18-14/h2-8H,1H3,(H2,17,19). The number of fused-ring (bicyclic) bond motifs is 1. The van der Waals surface area contributed by atoms with Crippen molar-refractivity contribution in [2.75, 3.05) is 5.73 Å². The van der Waals surface area contributed by atoms with Gasteiger partial charge in [0, 0.05) is 16.3 Å². The van der Waals surface area contributed by atoms with Crippen molar-refractivity contribution in [2.24, 2.45) is 0 Å². The third-order valence-electron chi connectivity index (χ3n) is 3.03. The quantitative estimate of drug-likeness (QED) is 0.723. The molecule has 0 aliphatic rings. The summed E-state index contributed by atoms with van der Waals surface area (Å²) in [6.07, 6.45) is 0. The molecular weight excluding hydrogens is 241 g/mol. The Morgan fingerprint density at radius 3 is 2.47 bits per heavy atom. The van der Waals surface area contributed by atoms with E-state index in [1.165, 1.54) is 12.1 Å². The number of aryl methyl sites for hydroxylation is 1. The molecule has 19 heavy (non-hydrogen) atoms. The Labute approximate surface area is 109 Å². The maximum Gasteiger partial charge on any atom is 0.154 e. The number of anilines is 1. The Kier molecular flexibility index (Phi) is 2.63. The van der Waals surface area contributed by atoms with Crippen LogP contribution < -0.4 is 5.73 Å². The molecule has 3 nitrogen and oxygen atoms in total. The van der Waals surface area contributed by atoms with Crippen LogP contribution in [0.1, 0.15) is 5.56 Å². The van der Waals surface area contributed by atoms with Crippen molar-refractivity contribution in [2.45, 2.75) is 6.92 Å². The highest BCUT2D eigenvalue weighted by Gasteiger charge is 2.10. The summed E-state index contributed by atoms with van der Waals surface area (Å²) >= 11 is 0. The van der Waals surface area contributed by atoms with Gasteiger partial charge in [0.2, 0.25) is 0 Å². The van der Waals surface area contributed by atoms with Crippen LogP contribution in [0.15, 0.2) is 42.5 Å². The molecule has 1 aromatic heterocycles. The van der Waals surface area contributed by atoms with E-state index in [2.05, 4.69) is 10.2 Å². The van der Waals surface area contributed by atoms with Gasteiger partial charge in [-0.3, -0.25) is 0 Å². The molecular formula is C15H12FN3. The van der Waals surface area contributed by atoms with E-state index >= 15 is 0 Å². The first-order valence-electron chi connectivity index (χ1n) is 5.93. The van der Waals surface area contributed by atoms with Crippen LogP contribution in [0.4, 0.5) is 10.2 Å². The Morgan fingerprint density at radius 1 is 1.00 bits per heavy atom. The van der Waals surface area contributed by atoms with E-state index in [0.717, 1.165) is 16.3 Å². The van der Waals surface area contributed by atoms with Gasteiger partial charge in [-0.25, -0.2) is 4.39 Å². The smallest absolute Gasteiger partial charge is 0.154 e. The molecule has 2 N–H and O–H groups in total. The molecule has 0 spiro atoms. The maximum atomic E-state index is 13.5. The van der Waals surface area contributed by atoms with Gasteiger partial charge < -0.3 is 5.73 Å². The van der Waals surface area contributed by atoms with Gasteiger partial charge in [-0.2, -0.15) is 0 Å². The van der Waals surface area contributed by atoms with Crippen LogP contribution in [0.2, 0.25) is 0 Å². The van der Waals surface area contributed by atoms with Crippen molar-refractivity contribution >= 4 is 16.6 Å². The van der Waals surface area contributed by atoms with E-state index in [-0.39, 0.29) is 5.82 Å². The highest BCUT2D eigenvalue weighted by atomic mass is 19.1. The fourth-order valence-electron chi connectivity index (χ4n) is 2.21. The van der Waals surface area contributed by atoms with Gasteiger partial charge in [-0.05, 0) is 30.7 Å². The van der Waals surface area contributed by atoms with E-state index in [9.17, 15) is 4.39 Å². The molecule has 0 unspecified atom stereocenters. The van der Waals surface area contributed by atoms with Gasteiger partial charge in [-0.15, -0.1) is 10.2 Å². The second-order valence-electron chi connectivity index (χ2n) is 4.50. The van der Waals surface area contributed by atoms with Gasteiger partial charge in [0.25, 0.3) is 0 Å². The second-order valence-corrected chi connectivity index (χ2v) is 4.50. The molecule has 2 aromatic carbocycles. The number of hydrogen-bond donors (Lipinski definition) is 1. The first-order valence-corrected chi connectivity index (χ1v) is 5.93. The van der Waals surface area contributed by atoms with Crippen LogP contribution in [-0.2, 0) is 0 Å². The summed E-state index contributed by atoms with van der Waals surface area (Å²) in [6.45, 7) is 1.85. The Hall–Kier alpha value is -2.49. The summed E-state index contributed by atoms with van der Waals surface area (Å²) < 4.78 is 13.5. The largest absolute Gasteiger partial charge is 0.382 e. The van der Waals surface area contributed by atoms with Crippen LogP contribution in [0, 0.1) is 12.7 Å². The number of nitrogens with zero attached hydrogens (tertiary/aromatic N) is 2. The molecule has 0 amide bonds. The number of halogens is 1. The van der Waals surface area contributed by atoms with E-state index in [0.29, 0.717) is 17.1 Å². The average molecular weight is 253 g/mol. The lowest BCUT2D eigenvalue weighted by Crippen LogP contribution is -1.97. The van der Waals surface area contributed by atoms with Crippen molar-refractivity contribution in [3.8, 4) is 11.3 Å². The predicted molar refractivity (Wildman–Crippen MR) is 74.1 cm³/mol. The first kappa shape index (κ1) is 11.6. The molecule has 0 bridgehead atoms. The minimum absolute atomic E-state index is 0.280. The van der Waals surface area contributed by atoms with Crippen LogP contribution in [-0.4, -0.2) is 10.2 Å². The summed E-state index contributed by atoms with van der Waals surface area (Å²) in [4.78, 5) is 0. The van der Waals surface area contributed by atoms with E-state index in [1.807, 2.05) is 37.3 Å². The van der Waals surface area contributed by atoms with Crippen LogP contribution >= 0.6 is 0 Å². The van der Waals surface area contributed by atoms with E-state index < -0.39 is 0 Å². The van der Waals surface area contributed by atoms with Crippen molar-refractivity contribution in [3.63, 3.8) is 0 Å². The fourth-order valence-corrected chi connectivity index (χ4v) is 2.21. The first-order chi connectivity index (χ1) is 9.15. The fraction of sp³-hybridized carbons (Fsp3) is 0.0667. The summed E-state index contributed by atoms with van der Waals surface area (Å²) in [7, 11) is 0. The molecule has 4 heteroatoms. The highest BCUT2D eigenvalue weighted by Crippen LogP contribution is 2.29. The third kappa shape index (κ3) is 2.01. The molecule has 0 saturated heterocycles. The summed E-state index contributed by atoms with van der Waals surface area (Å²) in [6, 6.07) is 12.4. The lowest BCUT2D eigenvalue weighted by atomic mass is 10.0. The van der Waals surface area contributed by atoms with E-state index in [4.69, 9.17) is 5.73 Å². The van der Waals surface area contributed by atoms with Crippen LogP contribution in [0.5, 0.6) is 0 Å². The van der Waals surface area contributed by atoms with Crippen molar-refractivity contribution < 1.29 is 4.39 Å². The molecule has 1 heterocycles. The number of aromatic nitrogens is 2. The minimum Gasteiger partial charge on any atom is -0.382 e.